The summed E-state index contributed by atoms with van der Waals surface area (Å²) in [6, 6.07) is 6.39. The van der Waals surface area contributed by atoms with Gasteiger partial charge in [-0.3, -0.25) is 14.4 Å². The highest BCUT2D eigenvalue weighted by Gasteiger charge is 2.26. The zero-order valence-corrected chi connectivity index (χ0v) is 14.6. The van der Waals surface area contributed by atoms with E-state index in [0.29, 0.717) is 19.1 Å². The van der Waals surface area contributed by atoms with Gasteiger partial charge in [-0.05, 0) is 49.6 Å². The lowest BCUT2D eigenvalue weighted by molar-refractivity contribution is -0.116. The molecule has 2 aromatic rings. The van der Waals surface area contributed by atoms with Gasteiger partial charge in [-0.1, -0.05) is 0 Å². The number of carbonyl (C=O) groups is 1. The number of hydrogen-bond donors (Lipinski definition) is 1. The summed E-state index contributed by atoms with van der Waals surface area (Å²) in [7, 11) is 1.96. The molecule has 1 amide bonds. The summed E-state index contributed by atoms with van der Waals surface area (Å²) in [4.78, 5) is 13.9. The van der Waals surface area contributed by atoms with E-state index in [4.69, 9.17) is 4.74 Å². The molecule has 1 aromatic heterocycles. The van der Waals surface area contributed by atoms with Gasteiger partial charge in [0.15, 0.2) is 0 Å². The van der Waals surface area contributed by atoms with Crippen LogP contribution in [0.1, 0.15) is 36.4 Å². The van der Waals surface area contributed by atoms with Crippen LogP contribution >= 0.6 is 0 Å². The second-order valence-electron chi connectivity index (χ2n) is 6.86. The minimum Gasteiger partial charge on any atom is -0.492 e. The summed E-state index contributed by atoms with van der Waals surface area (Å²) in [6.45, 7) is 2.69. The van der Waals surface area contributed by atoms with Crippen LogP contribution in [-0.4, -0.2) is 40.3 Å². The van der Waals surface area contributed by atoms with Crippen LogP contribution in [0.25, 0.3) is 0 Å². The van der Waals surface area contributed by atoms with E-state index in [0.717, 1.165) is 36.5 Å². The number of fused-ring (bicyclic) bond motifs is 1. The lowest BCUT2D eigenvalue weighted by Crippen LogP contribution is -2.28. The Morgan fingerprint density at radius 2 is 2.28 bits per heavy atom. The minimum atomic E-state index is 0.0941. The maximum Gasteiger partial charge on any atom is 0.224 e. The van der Waals surface area contributed by atoms with Crippen molar-refractivity contribution in [1.29, 1.82) is 0 Å². The third-order valence-corrected chi connectivity index (χ3v) is 5.09. The average molecular weight is 340 g/mol. The predicted molar refractivity (Wildman–Crippen MR) is 95.6 cm³/mol. The Labute approximate surface area is 147 Å². The average Bonchev–Trinajstić information content (AvgIpc) is 3.23. The SMILES string of the molecule is Cn1cc(C2CCCN2CCOc2ccc3c(c2)CCC(=O)N3)cn1. The molecule has 0 saturated carbocycles. The first-order valence-electron chi connectivity index (χ1n) is 8.97. The van der Waals surface area contributed by atoms with E-state index < -0.39 is 0 Å². The first-order valence-corrected chi connectivity index (χ1v) is 8.97. The maximum atomic E-state index is 11.4. The summed E-state index contributed by atoms with van der Waals surface area (Å²) in [6.07, 6.45) is 7.83. The van der Waals surface area contributed by atoms with E-state index >= 15 is 0 Å². The van der Waals surface area contributed by atoms with Crippen LogP contribution in [0, 0.1) is 0 Å². The molecule has 6 heteroatoms. The van der Waals surface area contributed by atoms with Crippen molar-refractivity contribution in [2.45, 2.75) is 31.7 Å². The zero-order chi connectivity index (χ0) is 17.2. The Balaban J connectivity index is 1.34. The molecular formula is C19H24N4O2. The normalized spacial score (nSPS) is 20.4. The third kappa shape index (κ3) is 3.54. The number of anilines is 1. The molecule has 1 saturated heterocycles. The van der Waals surface area contributed by atoms with Gasteiger partial charge in [0.05, 0.1) is 6.20 Å². The number of hydrogen-bond acceptors (Lipinski definition) is 4. The summed E-state index contributed by atoms with van der Waals surface area (Å²) in [5.41, 5.74) is 3.37. The van der Waals surface area contributed by atoms with Gasteiger partial charge in [0.2, 0.25) is 5.91 Å². The van der Waals surface area contributed by atoms with Crippen molar-refractivity contribution in [2.75, 3.05) is 25.0 Å². The summed E-state index contributed by atoms with van der Waals surface area (Å²) < 4.78 is 7.84. The molecule has 3 heterocycles. The second-order valence-corrected chi connectivity index (χ2v) is 6.86. The fraction of sp³-hybridized carbons (Fsp3) is 0.474. The van der Waals surface area contributed by atoms with Crippen LogP contribution in [0.3, 0.4) is 0 Å². The van der Waals surface area contributed by atoms with Crippen LogP contribution < -0.4 is 10.1 Å². The molecule has 1 unspecified atom stereocenters. The van der Waals surface area contributed by atoms with Crippen LogP contribution in [-0.2, 0) is 18.3 Å². The minimum absolute atomic E-state index is 0.0941. The molecular weight excluding hydrogens is 316 g/mol. The largest absolute Gasteiger partial charge is 0.492 e. The van der Waals surface area contributed by atoms with Crippen molar-refractivity contribution in [3.63, 3.8) is 0 Å². The molecule has 0 bridgehead atoms. The first-order chi connectivity index (χ1) is 12.2. The van der Waals surface area contributed by atoms with Gasteiger partial charge < -0.3 is 10.1 Å². The summed E-state index contributed by atoms with van der Waals surface area (Å²) in [5.74, 6) is 0.976. The highest BCUT2D eigenvalue weighted by atomic mass is 16.5. The Kier molecular flexibility index (Phi) is 4.44. The monoisotopic (exact) mass is 340 g/mol. The molecule has 4 rings (SSSR count). The molecule has 1 atom stereocenters. The number of ether oxygens (including phenoxy) is 1. The zero-order valence-electron chi connectivity index (χ0n) is 14.6. The maximum absolute atomic E-state index is 11.4. The topological polar surface area (TPSA) is 59.4 Å². The van der Waals surface area contributed by atoms with Crippen LogP contribution in [0.2, 0.25) is 0 Å². The Morgan fingerprint density at radius 3 is 3.12 bits per heavy atom. The molecule has 6 nitrogen and oxygen atoms in total. The summed E-state index contributed by atoms with van der Waals surface area (Å²) in [5, 5.41) is 7.20. The van der Waals surface area contributed by atoms with Gasteiger partial charge in [-0.15, -0.1) is 0 Å². The molecule has 0 spiro atoms. The van der Waals surface area contributed by atoms with Crippen LogP contribution in [0.15, 0.2) is 30.6 Å². The third-order valence-electron chi connectivity index (χ3n) is 5.09. The number of likely N-dealkylation sites (tertiary alicyclic amines) is 1. The van der Waals surface area contributed by atoms with Gasteiger partial charge in [-0.2, -0.15) is 5.10 Å². The Hall–Kier alpha value is -2.34. The quantitative estimate of drug-likeness (QED) is 0.909. The van der Waals surface area contributed by atoms with Gasteiger partial charge in [0.25, 0.3) is 0 Å². The van der Waals surface area contributed by atoms with Crippen molar-refractivity contribution < 1.29 is 9.53 Å². The number of nitrogens with zero attached hydrogens (tertiary/aromatic N) is 3. The molecule has 0 radical (unpaired) electrons. The van der Waals surface area contributed by atoms with Crippen molar-refractivity contribution >= 4 is 11.6 Å². The molecule has 0 aliphatic carbocycles. The standard InChI is InChI=1S/C19H24N4O2/c1-22-13-15(12-20-22)18-3-2-8-23(18)9-10-25-16-5-6-17-14(11-16)4-7-19(24)21-17/h5-6,11-13,18H,2-4,7-10H2,1H3,(H,21,24). The molecule has 1 fully saturated rings. The highest BCUT2D eigenvalue weighted by molar-refractivity contribution is 5.93. The van der Waals surface area contributed by atoms with Gasteiger partial charge in [-0.25, -0.2) is 0 Å². The fourth-order valence-corrected chi connectivity index (χ4v) is 3.81. The predicted octanol–water partition coefficient (Wildman–Crippen LogP) is 2.52. The van der Waals surface area contributed by atoms with Crippen LogP contribution in [0.5, 0.6) is 5.75 Å². The number of aryl methyl sites for hydroxylation is 2. The molecule has 1 aromatic carbocycles. The van der Waals surface area contributed by atoms with Gasteiger partial charge >= 0.3 is 0 Å². The lowest BCUT2D eigenvalue weighted by Gasteiger charge is -2.24. The number of amides is 1. The van der Waals surface area contributed by atoms with Crippen molar-refractivity contribution in [3.8, 4) is 5.75 Å². The van der Waals surface area contributed by atoms with Gasteiger partial charge in [0, 0.05) is 43.5 Å². The first kappa shape index (κ1) is 16.1. The highest BCUT2D eigenvalue weighted by Crippen LogP contribution is 2.31. The lowest BCUT2D eigenvalue weighted by atomic mass is 10.0. The van der Waals surface area contributed by atoms with E-state index in [1.54, 1.807) is 0 Å². The van der Waals surface area contributed by atoms with Crippen molar-refractivity contribution in [1.82, 2.24) is 14.7 Å². The van der Waals surface area contributed by atoms with E-state index in [2.05, 4.69) is 27.6 Å². The van der Waals surface area contributed by atoms with Crippen LogP contribution in [0.4, 0.5) is 5.69 Å². The number of aromatic nitrogens is 2. The number of rotatable bonds is 5. The van der Waals surface area contributed by atoms with E-state index in [1.165, 1.54) is 18.4 Å². The number of carbonyl (C=O) groups excluding carboxylic acids is 1. The molecule has 2 aliphatic heterocycles. The van der Waals surface area contributed by atoms with E-state index in [9.17, 15) is 4.79 Å². The number of nitrogens with one attached hydrogen (secondary N) is 1. The molecule has 132 valence electrons. The molecule has 25 heavy (non-hydrogen) atoms. The van der Waals surface area contributed by atoms with Crippen molar-refractivity contribution in [3.05, 3.63) is 41.7 Å². The molecule has 2 aliphatic rings. The van der Waals surface area contributed by atoms with Gasteiger partial charge in [0.1, 0.15) is 12.4 Å². The Morgan fingerprint density at radius 1 is 1.36 bits per heavy atom. The van der Waals surface area contributed by atoms with Crippen molar-refractivity contribution in [2.24, 2.45) is 7.05 Å². The number of benzene rings is 1. The van der Waals surface area contributed by atoms with E-state index in [-0.39, 0.29) is 5.91 Å². The second kappa shape index (κ2) is 6.88. The smallest absolute Gasteiger partial charge is 0.224 e. The molecule has 1 N–H and O–H groups in total. The fourth-order valence-electron chi connectivity index (χ4n) is 3.81. The Bertz CT molecular complexity index is 771. The van der Waals surface area contributed by atoms with E-state index in [1.807, 2.05) is 30.1 Å². The summed E-state index contributed by atoms with van der Waals surface area (Å²) >= 11 is 0.